The van der Waals surface area contributed by atoms with Crippen LogP contribution in [0.4, 0.5) is 0 Å². The Bertz CT molecular complexity index is 869. The van der Waals surface area contributed by atoms with Crippen LogP contribution in [0.2, 0.25) is 0 Å². The third kappa shape index (κ3) is 2.77. The summed E-state index contributed by atoms with van der Waals surface area (Å²) in [5.41, 5.74) is 6.61. The molecule has 0 radical (unpaired) electrons. The molecule has 1 aromatic carbocycles. The second kappa shape index (κ2) is 6.27. The van der Waals surface area contributed by atoms with Crippen molar-refractivity contribution in [1.29, 1.82) is 0 Å². The van der Waals surface area contributed by atoms with Crippen LogP contribution in [0, 0.1) is 0 Å². The van der Waals surface area contributed by atoms with Crippen molar-refractivity contribution in [3.8, 4) is 11.1 Å². The van der Waals surface area contributed by atoms with E-state index in [-0.39, 0.29) is 5.41 Å². The van der Waals surface area contributed by atoms with E-state index in [9.17, 15) is 4.79 Å². The van der Waals surface area contributed by atoms with Gasteiger partial charge in [0.25, 0.3) is 0 Å². The fraction of sp³-hybridized carbons (Fsp3) is 0.318. The summed E-state index contributed by atoms with van der Waals surface area (Å²) < 4.78 is 2.01. The van der Waals surface area contributed by atoms with E-state index in [0.717, 1.165) is 41.5 Å². The highest BCUT2D eigenvalue weighted by atomic mass is 16.1. The summed E-state index contributed by atoms with van der Waals surface area (Å²) in [4.78, 5) is 11.7. The molecule has 0 N–H and O–H groups in total. The molecule has 2 heteroatoms. The van der Waals surface area contributed by atoms with E-state index < -0.39 is 0 Å². The number of nitrogens with zero attached hydrogens (tertiary/aromatic N) is 1. The van der Waals surface area contributed by atoms with Crippen LogP contribution in [0.3, 0.4) is 0 Å². The fourth-order valence-corrected chi connectivity index (χ4v) is 3.10. The number of hydrogen-bond acceptors (Lipinski definition) is 1. The van der Waals surface area contributed by atoms with Crippen LogP contribution in [0.5, 0.6) is 0 Å². The molecule has 0 bridgehead atoms. The molecule has 0 fully saturated rings. The number of fused-ring (bicyclic) bond motifs is 1. The molecule has 24 heavy (non-hydrogen) atoms. The zero-order valence-corrected chi connectivity index (χ0v) is 15.0. The highest BCUT2D eigenvalue weighted by molar-refractivity contribution is 5.89. The molecule has 0 atom stereocenters. The largest absolute Gasteiger partial charge is 0.313 e. The average molecular weight is 319 g/mol. The first-order valence-corrected chi connectivity index (χ1v) is 8.70. The van der Waals surface area contributed by atoms with Crippen LogP contribution < -0.4 is 0 Å². The first-order valence-electron chi connectivity index (χ1n) is 8.70. The van der Waals surface area contributed by atoms with Crippen LogP contribution in [0.1, 0.15) is 55.7 Å². The van der Waals surface area contributed by atoms with Gasteiger partial charge < -0.3 is 4.40 Å². The maximum Gasteiger partial charge on any atom is 0.167 e. The fourth-order valence-electron chi connectivity index (χ4n) is 3.10. The van der Waals surface area contributed by atoms with E-state index in [4.69, 9.17) is 0 Å². The molecule has 0 amide bonds. The van der Waals surface area contributed by atoms with Crippen LogP contribution in [0.25, 0.3) is 16.6 Å². The van der Waals surface area contributed by atoms with E-state index in [1.54, 1.807) is 0 Å². The van der Waals surface area contributed by atoms with Crippen LogP contribution in [-0.4, -0.2) is 10.7 Å². The smallest absolute Gasteiger partial charge is 0.167 e. The number of hydrogen-bond donors (Lipinski definition) is 0. The van der Waals surface area contributed by atoms with Gasteiger partial charge in [0.1, 0.15) is 0 Å². The molecular weight excluding hydrogens is 294 g/mol. The summed E-state index contributed by atoms with van der Waals surface area (Å²) in [5.74, 6) is 0. The molecule has 0 aliphatic carbocycles. The molecular formula is C22H25NO. The van der Waals surface area contributed by atoms with Crippen molar-refractivity contribution < 1.29 is 4.79 Å². The second-order valence-corrected chi connectivity index (χ2v) is 7.06. The molecule has 0 aliphatic heterocycles. The highest BCUT2D eigenvalue weighted by Crippen LogP contribution is 2.31. The van der Waals surface area contributed by atoms with Crippen molar-refractivity contribution in [2.45, 2.75) is 46.0 Å². The zero-order valence-electron chi connectivity index (χ0n) is 15.0. The third-order valence-electron chi connectivity index (χ3n) is 5.25. The Kier molecular flexibility index (Phi) is 4.31. The number of aromatic nitrogens is 1. The summed E-state index contributed by atoms with van der Waals surface area (Å²) in [5, 5.41) is 0. The Labute approximate surface area is 144 Å². The SMILES string of the molecule is CCc1ccc2cc(-c3ccc(C(C)(C)CC)cc3)c(C=O)n2c1. The lowest BCUT2D eigenvalue weighted by atomic mass is 9.82. The maximum atomic E-state index is 11.7. The summed E-state index contributed by atoms with van der Waals surface area (Å²) in [6.07, 6.45) is 5.09. The third-order valence-corrected chi connectivity index (χ3v) is 5.25. The van der Waals surface area contributed by atoms with Gasteiger partial charge in [-0.1, -0.05) is 58.0 Å². The van der Waals surface area contributed by atoms with E-state index in [1.807, 2.05) is 4.40 Å². The summed E-state index contributed by atoms with van der Waals surface area (Å²) >= 11 is 0. The first kappa shape index (κ1) is 16.5. The van der Waals surface area contributed by atoms with Gasteiger partial charge in [-0.25, -0.2) is 0 Å². The van der Waals surface area contributed by atoms with Gasteiger partial charge in [0.15, 0.2) is 6.29 Å². The number of benzene rings is 1. The minimum absolute atomic E-state index is 0.174. The molecule has 2 heterocycles. The molecule has 124 valence electrons. The lowest BCUT2D eigenvalue weighted by molar-refractivity contribution is 0.111. The minimum Gasteiger partial charge on any atom is -0.313 e. The van der Waals surface area contributed by atoms with E-state index in [2.05, 4.69) is 76.4 Å². The number of aryl methyl sites for hydroxylation is 1. The molecule has 2 nitrogen and oxygen atoms in total. The lowest BCUT2D eigenvalue weighted by Crippen LogP contribution is -2.14. The monoisotopic (exact) mass is 319 g/mol. The van der Waals surface area contributed by atoms with Crippen molar-refractivity contribution >= 4 is 11.8 Å². The Balaban J connectivity index is 2.10. The first-order chi connectivity index (χ1) is 11.5. The number of carbonyl (C=O) groups excluding carboxylic acids is 1. The summed E-state index contributed by atoms with van der Waals surface area (Å²) in [6, 6.07) is 15.0. The minimum atomic E-state index is 0.174. The second-order valence-electron chi connectivity index (χ2n) is 7.06. The Morgan fingerprint density at radius 2 is 1.75 bits per heavy atom. The number of pyridine rings is 1. The standard InChI is InChI=1S/C22H25NO/c1-5-16-7-12-19-13-20(21(15-24)23(19)14-16)17-8-10-18(11-9-17)22(3,4)6-2/h7-15H,5-6H2,1-4H3. The van der Waals surface area contributed by atoms with Gasteiger partial charge in [0, 0.05) is 17.3 Å². The zero-order chi connectivity index (χ0) is 17.3. The Morgan fingerprint density at radius 1 is 1.04 bits per heavy atom. The topological polar surface area (TPSA) is 21.5 Å². The molecule has 0 saturated heterocycles. The van der Waals surface area contributed by atoms with Gasteiger partial charge in [0.05, 0.1) is 5.69 Å². The van der Waals surface area contributed by atoms with Crippen LogP contribution in [-0.2, 0) is 11.8 Å². The van der Waals surface area contributed by atoms with E-state index in [1.165, 1.54) is 11.1 Å². The van der Waals surface area contributed by atoms with Gasteiger partial charge in [-0.2, -0.15) is 0 Å². The van der Waals surface area contributed by atoms with Gasteiger partial charge in [-0.15, -0.1) is 0 Å². The van der Waals surface area contributed by atoms with E-state index >= 15 is 0 Å². The molecule has 0 spiro atoms. The molecule has 0 aliphatic rings. The number of rotatable bonds is 5. The van der Waals surface area contributed by atoms with Gasteiger partial charge in [0.2, 0.25) is 0 Å². The Morgan fingerprint density at radius 3 is 2.33 bits per heavy atom. The number of carbonyl (C=O) groups is 1. The van der Waals surface area contributed by atoms with Gasteiger partial charge >= 0.3 is 0 Å². The Hall–Kier alpha value is -2.35. The van der Waals surface area contributed by atoms with Crippen molar-refractivity contribution in [2.24, 2.45) is 0 Å². The van der Waals surface area contributed by atoms with Crippen molar-refractivity contribution in [3.05, 3.63) is 65.5 Å². The summed E-state index contributed by atoms with van der Waals surface area (Å²) in [7, 11) is 0. The highest BCUT2D eigenvalue weighted by Gasteiger charge is 2.18. The average Bonchev–Trinajstić information content (AvgIpc) is 2.99. The van der Waals surface area contributed by atoms with Crippen LogP contribution in [0.15, 0.2) is 48.7 Å². The van der Waals surface area contributed by atoms with Crippen molar-refractivity contribution in [1.82, 2.24) is 4.40 Å². The number of aldehydes is 1. The summed E-state index contributed by atoms with van der Waals surface area (Å²) in [6.45, 7) is 8.86. The van der Waals surface area contributed by atoms with Gasteiger partial charge in [-0.3, -0.25) is 4.79 Å². The van der Waals surface area contributed by atoms with E-state index in [0.29, 0.717) is 0 Å². The molecule has 0 saturated carbocycles. The molecule has 0 unspecified atom stereocenters. The lowest BCUT2D eigenvalue weighted by Gasteiger charge is -2.23. The maximum absolute atomic E-state index is 11.7. The quantitative estimate of drug-likeness (QED) is 0.555. The predicted octanol–water partition coefficient (Wildman–Crippen LogP) is 5.67. The molecule has 3 aromatic rings. The van der Waals surface area contributed by atoms with Crippen molar-refractivity contribution in [2.75, 3.05) is 0 Å². The molecule has 2 aromatic heterocycles. The predicted molar refractivity (Wildman–Crippen MR) is 101 cm³/mol. The normalized spacial score (nSPS) is 11.8. The van der Waals surface area contributed by atoms with Gasteiger partial charge in [-0.05, 0) is 47.1 Å². The van der Waals surface area contributed by atoms with Crippen LogP contribution >= 0.6 is 0 Å². The van der Waals surface area contributed by atoms with Crippen molar-refractivity contribution in [3.63, 3.8) is 0 Å². The molecule has 3 rings (SSSR count).